The van der Waals surface area contributed by atoms with Gasteiger partial charge >= 0.3 is 6.09 Å². The van der Waals surface area contributed by atoms with Crippen LogP contribution in [0.1, 0.15) is 40.0 Å². The van der Waals surface area contributed by atoms with Crippen molar-refractivity contribution >= 4 is 12.0 Å². The number of likely N-dealkylation sites (tertiary alicyclic amines) is 1. The van der Waals surface area contributed by atoms with Gasteiger partial charge < -0.3 is 14.5 Å². The third-order valence-electron chi connectivity index (χ3n) is 4.06. The maximum absolute atomic E-state index is 12.3. The Morgan fingerprint density at radius 1 is 1.38 bits per heavy atom. The Balaban J connectivity index is 1.92. The van der Waals surface area contributed by atoms with Gasteiger partial charge in [-0.05, 0) is 40.0 Å². The first-order valence-corrected chi connectivity index (χ1v) is 7.35. The van der Waals surface area contributed by atoms with E-state index in [-0.39, 0.29) is 18.0 Å². The van der Waals surface area contributed by atoms with Crippen molar-refractivity contribution in [2.45, 2.75) is 51.7 Å². The van der Waals surface area contributed by atoms with Crippen LogP contribution in [0.2, 0.25) is 0 Å². The van der Waals surface area contributed by atoms with Crippen LogP contribution in [0.15, 0.2) is 0 Å². The maximum atomic E-state index is 12.3. The number of likely N-dealkylation sites (N-methyl/N-ethyl adjacent to an activating group) is 1. The van der Waals surface area contributed by atoms with Gasteiger partial charge in [-0.2, -0.15) is 5.26 Å². The van der Waals surface area contributed by atoms with Crippen LogP contribution in [-0.4, -0.2) is 53.6 Å². The minimum atomic E-state index is -0.798. The lowest BCUT2D eigenvalue weighted by Gasteiger charge is -2.27. The van der Waals surface area contributed by atoms with E-state index in [0.29, 0.717) is 25.9 Å². The second kappa shape index (κ2) is 5.21. The summed E-state index contributed by atoms with van der Waals surface area (Å²) in [6, 6.07) is 2.09. The van der Waals surface area contributed by atoms with Gasteiger partial charge in [0.05, 0.1) is 12.1 Å². The summed E-state index contributed by atoms with van der Waals surface area (Å²) in [7, 11) is 1.73. The van der Waals surface area contributed by atoms with Gasteiger partial charge in [-0.15, -0.1) is 0 Å². The molecule has 2 amide bonds. The Labute approximate surface area is 125 Å². The fraction of sp³-hybridized carbons (Fsp3) is 0.800. The molecule has 0 aromatic carbocycles. The second-order valence-corrected chi connectivity index (χ2v) is 6.98. The predicted molar refractivity (Wildman–Crippen MR) is 76.3 cm³/mol. The Morgan fingerprint density at radius 2 is 2.00 bits per heavy atom. The fourth-order valence-corrected chi connectivity index (χ4v) is 2.55. The van der Waals surface area contributed by atoms with Gasteiger partial charge in [-0.25, -0.2) is 4.79 Å². The molecule has 1 saturated heterocycles. The van der Waals surface area contributed by atoms with E-state index in [9.17, 15) is 9.59 Å². The molecule has 0 N–H and O–H groups in total. The van der Waals surface area contributed by atoms with Gasteiger partial charge in [-0.3, -0.25) is 4.79 Å². The van der Waals surface area contributed by atoms with Crippen molar-refractivity contribution in [2.24, 2.45) is 5.41 Å². The average Bonchev–Trinajstić information content (AvgIpc) is 3.03. The highest BCUT2D eigenvalue weighted by molar-refractivity contribution is 5.88. The number of carbonyl (C=O) groups is 2. The highest BCUT2D eigenvalue weighted by atomic mass is 16.6. The first kappa shape index (κ1) is 15.6. The fourth-order valence-electron chi connectivity index (χ4n) is 2.55. The largest absolute Gasteiger partial charge is 0.444 e. The summed E-state index contributed by atoms with van der Waals surface area (Å²) in [5, 5.41) is 9.10. The maximum Gasteiger partial charge on any atom is 0.410 e. The Hall–Kier alpha value is -1.77. The van der Waals surface area contributed by atoms with E-state index >= 15 is 0 Å². The first-order chi connectivity index (χ1) is 9.68. The summed E-state index contributed by atoms with van der Waals surface area (Å²) in [5.74, 6) is -0.110. The van der Waals surface area contributed by atoms with Crippen molar-refractivity contribution in [1.82, 2.24) is 9.80 Å². The first-order valence-electron chi connectivity index (χ1n) is 7.35. The topological polar surface area (TPSA) is 73.6 Å². The smallest absolute Gasteiger partial charge is 0.410 e. The van der Waals surface area contributed by atoms with Crippen LogP contribution >= 0.6 is 0 Å². The molecule has 0 unspecified atom stereocenters. The highest BCUT2D eigenvalue weighted by Gasteiger charge is 2.53. The second-order valence-electron chi connectivity index (χ2n) is 6.98. The SMILES string of the molecule is CN(C(=O)C1(C#N)CC1)[C@H]1CCN(C(=O)OC(C)(C)C)C1. The molecule has 116 valence electrons. The van der Waals surface area contributed by atoms with Crippen molar-refractivity contribution in [2.75, 3.05) is 20.1 Å². The molecule has 2 fully saturated rings. The summed E-state index contributed by atoms with van der Waals surface area (Å²) in [4.78, 5) is 27.6. The van der Waals surface area contributed by atoms with Crippen molar-refractivity contribution in [3.8, 4) is 6.07 Å². The molecule has 0 spiro atoms. The van der Waals surface area contributed by atoms with Crippen LogP contribution in [0.5, 0.6) is 0 Å². The van der Waals surface area contributed by atoms with Gasteiger partial charge in [0.2, 0.25) is 5.91 Å². The molecule has 6 nitrogen and oxygen atoms in total. The lowest BCUT2D eigenvalue weighted by Crippen LogP contribution is -2.43. The summed E-state index contributed by atoms with van der Waals surface area (Å²) >= 11 is 0. The number of nitrogens with zero attached hydrogens (tertiary/aromatic N) is 3. The van der Waals surface area contributed by atoms with Crippen LogP contribution < -0.4 is 0 Å². The van der Waals surface area contributed by atoms with Crippen LogP contribution in [0.4, 0.5) is 4.79 Å². The van der Waals surface area contributed by atoms with Gasteiger partial charge in [0.15, 0.2) is 0 Å². The third-order valence-corrected chi connectivity index (χ3v) is 4.06. The van der Waals surface area contributed by atoms with Crippen LogP contribution in [0.25, 0.3) is 0 Å². The minimum Gasteiger partial charge on any atom is -0.444 e. The van der Waals surface area contributed by atoms with Crippen LogP contribution in [0, 0.1) is 16.7 Å². The van der Waals surface area contributed by atoms with Gasteiger partial charge in [-0.1, -0.05) is 0 Å². The number of ether oxygens (including phenoxy) is 1. The minimum absolute atomic E-state index is 0.0316. The number of rotatable bonds is 2. The molecular formula is C15H23N3O3. The average molecular weight is 293 g/mol. The predicted octanol–water partition coefficient (Wildman–Crippen LogP) is 1.76. The van der Waals surface area contributed by atoms with Crippen molar-refractivity contribution in [3.63, 3.8) is 0 Å². The molecule has 1 heterocycles. The molecule has 0 radical (unpaired) electrons. The molecule has 1 aliphatic carbocycles. The molecular weight excluding hydrogens is 270 g/mol. The van der Waals surface area contributed by atoms with Crippen molar-refractivity contribution < 1.29 is 14.3 Å². The molecule has 6 heteroatoms. The molecule has 0 bridgehead atoms. The Bertz CT molecular complexity index is 485. The molecule has 1 atom stereocenters. The zero-order valence-corrected chi connectivity index (χ0v) is 13.2. The van der Waals surface area contributed by atoms with Gasteiger partial charge in [0.25, 0.3) is 0 Å². The monoisotopic (exact) mass is 293 g/mol. The lowest BCUT2D eigenvalue weighted by molar-refractivity contribution is -0.135. The van der Waals surface area contributed by atoms with E-state index in [1.807, 2.05) is 20.8 Å². The normalized spacial score (nSPS) is 23.4. The van der Waals surface area contributed by atoms with Crippen molar-refractivity contribution in [3.05, 3.63) is 0 Å². The summed E-state index contributed by atoms with van der Waals surface area (Å²) in [6.45, 7) is 6.54. The van der Waals surface area contributed by atoms with E-state index < -0.39 is 11.0 Å². The zero-order valence-electron chi connectivity index (χ0n) is 13.2. The third kappa shape index (κ3) is 3.29. The standard InChI is InChI=1S/C15H23N3O3/c1-14(2,3)21-13(20)18-8-5-11(9-18)17(4)12(19)15(10-16)6-7-15/h11H,5-9H2,1-4H3/t11-/m0/s1. The van der Waals surface area contributed by atoms with Crippen LogP contribution in [-0.2, 0) is 9.53 Å². The van der Waals surface area contributed by atoms with Crippen LogP contribution in [0.3, 0.4) is 0 Å². The molecule has 21 heavy (non-hydrogen) atoms. The molecule has 0 aromatic heterocycles. The summed E-state index contributed by atoms with van der Waals surface area (Å²) in [6.07, 6.45) is 1.68. The Kier molecular flexibility index (Phi) is 3.87. The quantitative estimate of drug-likeness (QED) is 0.777. The molecule has 1 saturated carbocycles. The van der Waals surface area contributed by atoms with Gasteiger partial charge in [0, 0.05) is 20.1 Å². The zero-order chi connectivity index (χ0) is 15.8. The molecule has 2 rings (SSSR count). The molecule has 0 aromatic rings. The van der Waals surface area contributed by atoms with E-state index in [1.54, 1.807) is 16.8 Å². The number of amides is 2. The van der Waals surface area contributed by atoms with E-state index in [1.165, 1.54) is 0 Å². The lowest BCUT2D eigenvalue weighted by atomic mass is 10.1. The number of hydrogen-bond acceptors (Lipinski definition) is 4. The Morgan fingerprint density at radius 3 is 2.48 bits per heavy atom. The number of nitriles is 1. The molecule has 1 aliphatic heterocycles. The summed E-state index contributed by atoms with van der Waals surface area (Å²) < 4.78 is 5.34. The molecule has 2 aliphatic rings. The van der Waals surface area contributed by atoms with E-state index in [4.69, 9.17) is 10.00 Å². The van der Waals surface area contributed by atoms with E-state index in [0.717, 1.165) is 6.42 Å². The van der Waals surface area contributed by atoms with Gasteiger partial charge in [0.1, 0.15) is 11.0 Å². The number of hydrogen-bond donors (Lipinski definition) is 0. The van der Waals surface area contributed by atoms with Crippen molar-refractivity contribution in [1.29, 1.82) is 5.26 Å². The summed E-state index contributed by atoms with van der Waals surface area (Å²) in [5.41, 5.74) is -1.32. The number of carbonyl (C=O) groups excluding carboxylic acids is 2. The highest BCUT2D eigenvalue weighted by Crippen LogP contribution is 2.46. The van der Waals surface area contributed by atoms with E-state index in [2.05, 4.69) is 6.07 Å².